The van der Waals surface area contributed by atoms with E-state index in [4.69, 9.17) is 14.2 Å². The Morgan fingerprint density at radius 2 is 1.60 bits per heavy atom. The molecule has 0 unspecified atom stereocenters. The Morgan fingerprint density at radius 3 is 2.33 bits per heavy atom. The van der Waals surface area contributed by atoms with Crippen molar-refractivity contribution in [2.75, 3.05) is 27.4 Å². The SMILES string of the molecule is CCOC(=O)CCc1ccc(-c2cccc(CN(C)C(=O)CCc3cccc(OC)c3)c2)c(OCCCC(F)(F)F)c1. The summed E-state index contributed by atoms with van der Waals surface area (Å²) in [5.74, 6) is 0.881. The van der Waals surface area contributed by atoms with Crippen molar-refractivity contribution in [3.8, 4) is 22.6 Å². The van der Waals surface area contributed by atoms with Crippen molar-refractivity contribution >= 4 is 11.9 Å². The van der Waals surface area contributed by atoms with E-state index >= 15 is 0 Å². The Bertz CT molecular complexity index is 1330. The summed E-state index contributed by atoms with van der Waals surface area (Å²) in [5.41, 5.74) is 4.27. The number of carbonyl (C=O) groups excluding carboxylic acids is 2. The van der Waals surface area contributed by atoms with Crippen LogP contribution in [0.4, 0.5) is 13.2 Å². The van der Waals surface area contributed by atoms with Crippen molar-refractivity contribution in [1.82, 2.24) is 4.90 Å². The summed E-state index contributed by atoms with van der Waals surface area (Å²) >= 11 is 0. The van der Waals surface area contributed by atoms with Crippen LogP contribution in [0.2, 0.25) is 0 Å². The number of hydrogen-bond donors (Lipinski definition) is 0. The fourth-order valence-electron chi connectivity index (χ4n) is 4.48. The van der Waals surface area contributed by atoms with Gasteiger partial charge in [-0.1, -0.05) is 42.5 Å². The van der Waals surface area contributed by atoms with Gasteiger partial charge in [-0.2, -0.15) is 13.2 Å². The lowest BCUT2D eigenvalue weighted by Gasteiger charge is -2.19. The van der Waals surface area contributed by atoms with E-state index in [1.807, 2.05) is 60.7 Å². The molecule has 0 heterocycles. The summed E-state index contributed by atoms with van der Waals surface area (Å²) in [6, 6.07) is 20.8. The second-order valence-electron chi connectivity index (χ2n) is 10.0. The lowest BCUT2D eigenvalue weighted by molar-refractivity contribution is -0.143. The topological polar surface area (TPSA) is 65.1 Å². The summed E-state index contributed by atoms with van der Waals surface area (Å²) in [6.07, 6.45) is -3.80. The van der Waals surface area contributed by atoms with E-state index in [-0.39, 0.29) is 31.3 Å². The zero-order valence-electron chi connectivity index (χ0n) is 24.3. The van der Waals surface area contributed by atoms with Crippen LogP contribution in [-0.2, 0) is 33.7 Å². The minimum absolute atomic E-state index is 0.00265. The van der Waals surface area contributed by atoms with Gasteiger partial charge in [0.2, 0.25) is 5.91 Å². The Balaban J connectivity index is 1.71. The summed E-state index contributed by atoms with van der Waals surface area (Å²) in [5, 5.41) is 0. The molecule has 0 aliphatic heterocycles. The Morgan fingerprint density at radius 1 is 0.881 bits per heavy atom. The van der Waals surface area contributed by atoms with Crippen LogP contribution in [0, 0.1) is 0 Å². The Labute approximate surface area is 245 Å². The van der Waals surface area contributed by atoms with E-state index in [1.165, 1.54) is 0 Å². The molecule has 0 fully saturated rings. The highest BCUT2D eigenvalue weighted by Crippen LogP contribution is 2.33. The highest BCUT2D eigenvalue weighted by atomic mass is 19.4. The van der Waals surface area contributed by atoms with Crippen LogP contribution in [0.5, 0.6) is 11.5 Å². The molecule has 0 saturated carbocycles. The van der Waals surface area contributed by atoms with E-state index in [0.717, 1.165) is 33.6 Å². The minimum atomic E-state index is -4.25. The van der Waals surface area contributed by atoms with Gasteiger partial charge in [0, 0.05) is 38.4 Å². The van der Waals surface area contributed by atoms with Crippen molar-refractivity contribution in [2.24, 2.45) is 0 Å². The third kappa shape index (κ3) is 10.8. The van der Waals surface area contributed by atoms with Gasteiger partial charge in [-0.25, -0.2) is 0 Å². The molecular formula is C33H38F3NO5. The van der Waals surface area contributed by atoms with Gasteiger partial charge in [0.05, 0.1) is 20.3 Å². The van der Waals surface area contributed by atoms with Gasteiger partial charge in [0.1, 0.15) is 11.5 Å². The molecule has 42 heavy (non-hydrogen) atoms. The Hall–Kier alpha value is -4.01. The number of benzene rings is 3. The maximum atomic E-state index is 12.9. The van der Waals surface area contributed by atoms with Gasteiger partial charge >= 0.3 is 12.1 Å². The molecule has 0 saturated heterocycles. The number of nitrogens with zero attached hydrogens (tertiary/aromatic N) is 1. The normalized spacial score (nSPS) is 11.2. The Kier molecular flexibility index (Phi) is 12.3. The summed E-state index contributed by atoms with van der Waals surface area (Å²) in [4.78, 5) is 26.3. The van der Waals surface area contributed by atoms with Crippen LogP contribution in [-0.4, -0.2) is 50.3 Å². The molecule has 6 nitrogen and oxygen atoms in total. The van der Waals surface area contributed by atoms with E-state index in [1.54, 1.807) is 32.0 Å². The summed E-state index contributed by atoms with van der Waals surface area (Å²) < 4.78 is 54.1. The van der Waals surface area contributed by atoms with Gasteiger partial charge in [-0.3, -0.25) is 9.59 Å². The first-order valence-corrected chi connectivity index (χ1v) is 14.0. The van der Waals surface area contributed by atoms with Crippen LogP contribution in [0.1, 0.15) is 49.3 Å². The number of aryl methyl sites for hydroxylation is 2. The zero-order chi connectivity index (χ0) is 30.5. The number of amides is 1. The first-order valence-electron chi connectivity index (χ1n) is 14.0. The van der Waals surface area contributed by atoms with E-state index in [9.17, 15) is 22.8 Å². The largest absolute Gasteiger partial charge is 0.497 e. The van der Waals surface area contributed by atoms with Crippen molar-refractivity contribution in [3.05, 3.63) is 83.4 Å². The van der Waals surface area contributed by atoms with Crippen LogP contribution < -0.4 is 9.47 Å². The number of hydrogen-bond acceptors (Lipinski definition) is 5. The second kappa shape index (κ2) is 15.8. The molecule has 3 aromatic carbocycles. The molecule has 0 N–H and O–H groups in total. The lowest BCUT2D eigenvalue weighted by Crippen LogP contribution is -2.26. The van der Waals surface area contributed by atoms with Gasteiger partial charge in [0.15, 0.2) is 0 Å². The van der Waals surface area contributed by atoms with E-state index < -0.39 is 12.6 Å². The maximum Gasteiger partial charge on any atom is 0.389 e. The highest BCUT2D eigenvalue weighted by Gasteiger charge is 2.26. The van der Waals surface area contributed by atoms with Crippen LogP contribution >= 0.6 is 0 Å². The van der Waals surface area contributed by atoms with Crippen molar-refractivity contribution in [1.29, 1.82) is 0 Å². The number of carbonyl (C=O) groups is 2. The second-order valence-corrected chi connectivity index (χ2v) is 10.0. The molecule has 0 aliphatic rings. The average molecular weight is 586 g/mol. The maximum absolute atomic E-state index is 12.9. The first-order chi connectivity index (χ1) is 20.1. The molecule has 9 heteroatoms. The van der Waals surface area contributed by atoms with Crippen molar-refractivity contribution < 1.29 is 37.0 Å². The van der Waals surface area contributed by atoms with Crippen LogP contribution in [0.15, 0.2) is 66.7 Å². The first kappa shape index (κ1) is 32.5. The third-order valence-corrected chi connectivity index (χ3v) is 6.68. The number of halogens is 3. The molecule has 1 amide bonds. The van der Waals surface area contributed by atoms with Crippen LogP contribution in [0.25, 0.3) is 11.1 Å². The van der Waals surface area contributed by atoms with Gasteiger partial charge in [-0.05, 0) is 72.7 Å². The van der Waals surface area contributed by atoms with Crippen molar-refractivity contribution in [3.63, 3.8) is 0 Å². The van der Waals surface area contributed by atoms with Gasteiger partial charge < -0.3 is 19.1 Å². The smallest absolute Gasteiger partial charge is 0.389 e. The molecule has 0 spiro atoms. The fraction of sp³-hybridized carbons (Fsp3) is 0.394. The number of alkyl halides is 3. The molecule has 0 radical (unpaired) electrons. The molecule has 0 aromatic heterocycles. The summed E-state index contributed by atoms with van der Waals surface area (Å²) in [7, 11) is 3.36. The summed E-state index contributed by atoms with van der Waals surface area (Å²) in [6.45, 7) is 2.33. The quantitative estimate of drug-likeness (QED) is 0.140. The molecule has 0 aliphatic carbocycles. The zero-order valence-corrected chi connectivity index (χ0v) is 24.3. The standard InChI is InChI=1S/C33H38F3NO5/c1-4-41-32(39)17-14-25-12-15-29(30(22-25)42-19-7-18-33(34,35)36)27-10-5-9-26(20-27)23-37(2)31(38)16-13-24-8-6-11-28(21-24)40-3/h5-6,8-12,15,20-22H,4,7,13-14,16-19,23H2,1-3H3. The van der Waals surface area contributed by atoms with Gasteiger partial charge in [0.25, 0.3) is 0 Å². The predicted octanol–water partition coefficient (Wildman–Crippen LogP) is 7.17. The van der Waals surface area contributed by atoms with Crippen molar-refractivity contribution in [2.45, 2.75) is 58.2 Å². The molecule has 3 aromatic rings. The molecule has 226 valence electrons. The monoisotopic (exact) mass is 585 g/mol. The molecule has 0 bridgehead atoms. The van der Waals surface area contributed by atoms with E-state index in [0.29, 0.717) is 38.2 Å². The number of rotatable bonds is 15. The highest BCUT2D eigenvalue weighted by molar-refractivity contribution is 5.76. The number of ether oxygens (including phenoxy) is 3. The van der Waals surface area contributed by atoms with Gasteiger partial charge in [-0.15, -0.1) is 0 Å². The molecule has 3 rings (SSSR count). The fourth-order valence-corrected chi connectivity index (χ4v) is 4.48. The number of methoxy groups -OCH3 is 1. The third-order valence-electron chi connectivity index (χ3n) is 6.68. The molecule has 0 atom stereocenters. The van der Waals surface area contributed by atoms with Crippen LogP contribution in [0.3, 0.4) is 0 Å². The number of esters is 1. The predicted molar refractivity (Wildman–Crippen MR) is 155 cm³/mol. The molecular weight excluding hydrogens is 547 g/mol. The van der Waals surface area contributed by atoms with E-state index in [2.05, 4.69) is 0 Å². The average Bonchev–Trinajstić information content (AvgIpc) is 2.97. The lowest BCUT2D eigenvalue weighted by atomic mass is 9.99. The minimum Gasteiger partial charge on any atom is -0.497 e.